The highest BCUT2D eigenvalue weighted by molar-refractivity contribution is 9.11. The molecule has 0 aliphatic rings. The first kappa shape index (κ1) is 26.5. The van der Waals surface area contributed by atoms with E-state index in [-0.39, 0.29) is 12.3 Å². The number of nitrogens with one attached hydrogen (secondary N) is 3. The van der Waals surface area contributed by atoms with Crippen LogP contribution < -0.4 is 11.5 Å². The van der Waals surface area contributed by atoms with Crippen LogP contribution in [0.3, 0.4) is 0 Å². The predicted molar refractivity (Wildman–Crippen MR) is 160 cm³/mol. The number of nitrogens with two attached hydrogens (primary N) is 2. The SMILES string of the molecule is N#Cc1c[nH]c2cc(Br)ccc12.NC(=O)Cc1c[nH]c2ccc(Br)cc12.Nc1cc(Br)cc2cc[nH]c12. The summed E-state index contributed by atoms with van der Waals surface area (Å²) in [6, 6.07) is 19.7. The van der Waals surface area contributed by atoms with E-state index in [0.717, 1.165) is 57.4 Å². The number of nitriles is 1. The maximum atomic E-state index is 10.8. The number of hydrogen-bond acceptors (Lipinski definition) is 3. The lowest BCUT2D eigenvalue weighted by Crippen LogP contribution is -2.13. The zero-order chi connectivity index (χ0) is 26.5. The summed E-state index contributed by atoms with van der Waals surface area (Å²) in [4.78, 5) is 20.0. The molecule has 10 heteroatoms. The second-order valence-electron chi connectivity index (χ2n) is 8.09. The number of fused-ring (bicyclic) bond motifs is 3. The zero-order valence-electron chi connectivity index (χ0n) is 19.3. The Hall–Kier alpha value is -3.52. The highest BCUT2D eigenvalue weighted by Crippen LogP contribution is 2.25. The Kier molecular flexibility index (Phi) is 8.38. The molecule has 186 valence electrons. The van der Waals surface area contributed by atoms with Gasteiger partial charge in [0.1, 0.15) is 6.07 Å². The number of H-pyrrole nitrogens is 3. The van der Waals surface area contributed by atoms with Crippen LogP contribution in [0.5, 0.6) is 0 Å². The number of benzene rings is 3. The maximum absolute atomic E-state index is 10.8. The van der Waals surface area contributed by atoms with Crippen LogP contribution >= 0.6 is 47.8 Å². The fourth-order valence-corrected chi connectivity index (χ4v) is 5.05. The van der Waals surface area contributed by atoms with Crippen LogP contribution in [-0.2, 0) is 11.2 Å². The van der Waals surface area contributed by atoms with E-state index in [1.807, 2.05) is 67.0 Å². The van der Waals surface area contributed by atoms with Crippen LogP contribution in [-0.4, -0.2) is 20.9 Å². The first-order valence-electron chi connectivity index (χ1n) is 11.0. The Morgan fingerprint density at radius 3 is 2.32 bits per heavy atom. The van der Waals surface area contributed by atoms with Crippen molar-refractivity contribution < 1.29 is 4.79 Å². The van der Waals surface area contributed by atoms with E-state index in [0.29, 0.717) is 5.56 Å². The number of primary amides is 1. The van der Waals surface area contributed by atoms with Crippen molar-refractivity contribution in [3.05, 3.63) is 97.7 Å². The third-order valence-corrected chi connectivity index (χ3v) is 6.96. The minimum Gasteiger partial charge on any atom is -0.397 e. The third-order valence-electron chi connectivity index (χ3n) is 5.51. The Labute approximate surface area is 237 Å². The largest absolute Gasteiger partial charge is 0.397 e. The molecule has 0 fully saturated rings. The number of carbonyl (C=O) groups excluding carboxylic acids is 1. The van der Waals surface area contributed by atoms with Crippen molar-refractivity contribution in [3.8, 4) is 6.07 Å². The molecule has 0 radical (unpaired) electrons. The van der Waals surface area contributed by atoms with Crippen LogP contribution in [0.25, 0.3) is 32.7 Å². The van der Waals surface area contributed by atoms with E-state index in [2.05, 4.69) is 68.8 Å². The number of aromatic amines is 3. The molecule has 0 saturated carbocycles. The van der Waals surface area contributed by atoms with Gasteiger partial charge in [-0.3, -0.25) is 4.79 Å². The van der Waals surface area contributed by atoms with Crippen LogP contribution in [0.2, 0.25) is 0 Å². The summed E-state index contributed by atoms with van der Waals surface area (Å²) in [5.74, 6) is -0.314. The lowest BCUT2D eigenvalue weighted by Gasteiger charge is -1.96. The normalized spacial score (nSPS) is 10.4. The fraction of sp³-hybridized carbons (Fsp3) is 0.0370. The van der Waals surface area contributed by atoms with Gasteiger partial charge < -0.3 is 26.4 Å². The smallest absolute Gasteiger partial charge is 0.221 e. The number of hydrogen-bond donors (Lipinski definition) is 5. The van der Waals surface area contributed by atoms with Gasteiger partial charge in [0, 0.05) is 59.2 Å². The molecule has 0 saturated heterocycles. The van der Waals surface area contributed by atoms with Gasteiger partial charge in [-0.2, -0.15) is 5.26 Å². The lowest BCUT2D eigenvalue weighted by atomic mass is 10.1. The minimum absolute atomic E-state index is 0.274. The molecular formula is C27H21Br3N6O. The Bertz CT molecular complexity index is 1760. The maximum Gasteiger partial charge on any atom is 0.221 e. The Morgan fingerprint density at radius 1 is 0.838 bits per heavy atom. The number of nitrogens with zero attached hydrogens (tertiary/aromatic N) is 1. The van der Waals surface area contributed by atoms with Gasteiger partial charge in [0.2, 0.25) is 5.91 Å². The lowest BCUT2D eigenvalue weighted by molar-refractivity contribution is -0.117. The van der Waals surface area contributed by atoms with Gasteiger partial charge in [0.05, 0.1) is 23.2 Å². The second kappa shape index (κ2) is 11.7. The van der Waals surface area contributed by atoms with Crippen LogP contribution in [0.1, 0.15) is 11.1 Å². The molecule has 0 aliphatic heterocycles. The highest BCUT2D eigenvalue weighted by Gasteiger charge is 2.06. The van der Waals surface area contributed by atoms with Crippen molar-refractivity contribution in [3.63, 3.8) is 0 Å². The molecule has 3 aromatic carbocycles. The van der Waals surface area contributed by atoms with Crippen molar-refractivity contribution in [2.24, 2.45) is 5.73 Å². The van der Waals surface area contributed by atoms with Crippen LogP contribution in [0.4, 0.5) is 5.69 Å². The first-order valence-corrected chi connectivity index (χ1v) is 13.4. The van der Waals surface area contributed by atoms with Crippen LogP contribution in [0, 0.1) is 11.3 Å². The molecule has 3 aromatic heterocycles. The molecule has 7 N–H and O–H groups in total. The van der Waals surface area contributed by atoms with Crippen molar-refractivity contribution in [1.82, 2.24) is 15.0 Å². The van der Waals surface area contributed by atoms with E-state index in [1.54, 1.807) is 6.20 Å². The van der Waals surface area contributed by atoms with Crippen molar-refractivity contribution in [2.45, 2.75) is 6.42 Å². The fourth-order valence-electron chi connectivity index (χ4n) is 3.84. The molecule has 0 bridgehead atoms. The van der Waals surface area contributed by atoms with E-state index < -0.39 is 0 Å². The van der Waals surface area contributed by atoms with Gasteiger partial charge in [0.25, 0.3) is 0 Å². The van der Waals surface area contributed by atoms with Crippen LogP contribution in [0.15, 0.2) is 86.6 Å². The summed E-state index contributed by atoms with van der Waals surface area (Å²) in [5, 5.41) is 11.9. The molecule has 6 aromatic rings. The number of amides is 1. The van der Waals surface area contributed by atoms with E-state index in [4.69, 9.17) is 16.7 Å². The predicted octanol–water partition coefficient (Wildman–Crippen LogP) is 7.27. The zero-order valence-corrected chi connectivity index (χ0v) is 24.0. The number of nitrogen functional groups attached to an aromatic ring is 1. The van der Waals surface area contributed by atoms with E-state index >= 15 is 0 Å². The summed E-state index contributed by atoms with van der Waals surface area (Å²) in [5.41, 5.74) is 16.3. The number of rotatable bonds is 2. The number of aromatic nitrogens is 3. The average Bonchev–Trinajstić information content (AvgIpc) is 3.58. The molecule has 37 heavy (non-hydrogen) atoms. The molecule has 0 spiro atoms. The first-order chi connectivity index (χ1) is 17.7. The minimum atomic E-state index is -0.314. The number of anilines is 1. The van der Waals surface area contributed by atoms with Gasteiger partial charge in [0.15, 0.2) is 0 Å². The molecule has 0 unspecified atom stereocenters. The number of carbonyl (C=O) groups is 1. The highest BCUT2D eigenvalue weighted by atomic mass is 79.9. The summed E-state index contributed by atoms with van der Waals surface area (Å²) >= 11 is 10.1. The summed E-state index contributed by atoms with van der Waals surface area (Å²) < 4.78 is 3.03. The van der Waals surface area contributed by atoms with Crippen molar-refractivity contribution in [2.75, 3.05) is 5.73 Å². The summed E-state index contributed by atoms with van der Waals surface area (Å²) in [6.07, 6.45) is 5.70. The molecule has 0 aliphatic carbocycles. The third kappa shape index (κ3) is 6.43. The van der Waals surface area contributed by atoms with Gasteiger partial charge in [-0.05, 0) is 54.1 Å². The topological polar surface area (TPSA) is 140 Å². The molecule has 0 atom stereocenters. The van der Waals surface area contributed by atoms with Gasteiger partial charge in [-0.15, -0.1) is 0 Å². The van der Waals surface area contributed by atoms with Gasteiger partial charge >= 0.3 is 0 Å². The van der Waals surface area contributed by atoms with Gasteiger partial charge in [-0.25, -0.2) is 0 Å². The standard InChI is InChI=1S/C10H9BrN2O.C9H5BrN2.C8H7BrN2/c11-7-1-2-9-8(4-7)6(5-13-9)3-10(12)14;10-7-1-2-8-6(4-11)5-12-9(8)3-7;9-6-3-5-1-2-11-8(5)7(10)4-6/h1-2,4-5,13H,3H2,(H2,12,14);1-3,5,12H;1-4,11H,10H2. The van der Waals surface area contributed by atoms with Crippen molar-refractivity contribution >= 4 is 92.1 Å². The summed E-state index contributed by atoms with van der Waals surface area (Å²) in [6.45, 7) is 0. The molecule has 6 rings (SSSR count). The Morgan fingerprint density at radius 2 is 1.57 bits per heavy atom. The molecule has 7 nitrogen and oxygen atoms in total. The monoisotopic (exact) mass is 682 g/mol. The average molecular weight is 685 g/mol. The molecule has 1 amide bonds. The number of halogens is 3. The quantitative estimate of drug-likeness (QED) is 0.123. The van der Waals surface area contributed by atoms with Gasteiger partial charge in [-0.1, -0.05) is 53.9 Å². The molecular weight excluding hydrogens is 664 g/mol. The molecule has 3 heterocycles. The second-order valence-corrected chi connectivity index (χ2v) is 10.8. The Balaban J connectivity index is 0.000000131. The summed E-state index contributed by atoms with van der Waals surface area (Å²) in [7, 11) is 0. The van der Waals surface area contributed by atoms with E-state index in [9.17, 15) is 4.79 Å². The van der Waals surface area contributed by atoms with Crippen molar-refractivity contribution in [1.29, 1.82) is 5.26 Å². The van der Waals surface area contributed by atoms with E-state index in [1.165, 1.54) is 0 Å².